The molecule has 0 amide bonds. The zero-order chi connectivity index (χ0) is 19.2. The van der Waals surface area contributed by atoms with Crippen LogP contribution in [0, 0.1) is 0 Å². The minimum atomic E-state index is 0.622. The predicted octanol–water partition coefficient (Wildman–Crippen LogP) is 4.88. The summed E-state index contributed by atoms with van der Waals surface area (Å²) in [6.45, 7) is 0.622. The van der Waals surface area contributed by atoms with Crippen LogP contribution in [0.25, 0.3) is 0 Å². The number of nitrogens with zero attached hydrogens (tertiary/aromatic N) is 2. The average Bonchev–Trinajstić information content (AvgIpc) is 2.67. The maximum Gasteiger partial charge on any atom is 0.127 e. The monoisotopic (exact) mass is 366 g/mol. The van der Waals surface area contributed by atoms with Gasteiger partial charge in [0, 0.05) is 37.1 Å². The molecule has 4 heteroatoms. The Labute approximate surface area is 162 Å². The topological polar surface area (TPSA) is 34.1 Å². The Morgan fingerprint density at radius 2 is 1.74 bits per heavy atom. The van der Waals surface area contributed by atoms with E-state index in [0.29, 0.717) is 6.54 Å². The fraction of sp³-hybridized carbons (Fsp3) is 0.435. The Kier molecular flexibility index (Phi) is 6.38. The number of methoxy groups -OCH3 is 2. The van der Waals surface area contributed by atoms with Crippen molar-refractivity contribution in [1.29, 1.82) is 0 Å². The Balaban J connectivity index is 1.92. The maximum atomic E-state index is 5.53. The molecule has 4 nitrogen and oxygen atoms in total. The molecule has 0 heterocycles. The van der Waals surface area contributed by atoms with E-state index in [0.717, 1.165) is 29.9 Å². The number of ether oxygens (including phenoxy) is 2. The van der Waals surface area contributed by atoms with Gasteiger partial charge in [0.25, 0.3) is 0 Å². The van der Waals surface area contributed by atoms with Crippen LogP contribution in [0.15, 0.2) is 41.4 Å². The van der Waals surface area contributed by atoms with Gasteiger partial charge in [-0.2, -0.15) is 0 Å². The molecule has 0 saturated carbocycles. The first-order chi connectivity index (χ1) is 13.1. The van der Waals surface area contributed by atoms with Crippen molar-refractivity contribution in [1.82, 2.24) is 0 Å². The van der Waals surface area contributed by atoms with Gasteiger partial charge >= 0.3 is 0 Å². The van der Waals surface area contributed by atoms with E-state index in [4.69, 9.17) is 14.5 Å². The number of hydrogen-bond donors (Lipinski definition) is 0. The number of fused-ring (bicyclic) bond motifs is 1. The van der Waals surface area contributed by atoms with Crippen molar-refractivity contribution in [3.05, 3.63) is 53.1 Å². The van der Waals surface area contributed by atoms with Crippen LogP contribution in [-0.2, 0) is 13.0 Å². The Morgan fingerprint density at radius 3 is 2.48 bits per heavy atom. The van der Waals surface area contributed by atoms with Crippen molar-refractivity contribution in [3.63, 3.8) is 0 Å². The Bertz CT molecular complexity index is 812. The van der Waals surface area contributed by atoms with Crippen LogP contribution >= 0.6 is 0 Å². The highest BCUT2D eigenvalue weighted by Crippen LogP contribution is 2.28. The molecule has 0 aromatic heterocycles. The van der Waals surface area contributed by atoms with E-state index < -0.39 is 0 Å². The summed E-state index contributed by atoms with van der Waals surface area (Å²) in [6.07, 6.45) is 5.88. The normalized spacial score (nSPS) is 15.6. The van der Waals surface area contributed by atoms with Gasteiger partial charge in [-0.15, -0.1) is 0 Å². The summed E-state index contributed by atoms with van der Waals surface area (Å²) in [5.41, 5.74) is 6.28. The Morgan fingerprint density at radius 1 is 0.926 bits per heavy atom. The summed E-state index contributed by atoms with van der Waals surface area (Å²) in [5, 5.41) is 0. The molecule has 2 aromatic carbocycles. The lowest BCUT2D eigenvalue weighted by Gasteiger charge is -2.20. The molecule has 0 unspecified atom stereocenters. The molecule has 0 aliphatic heterocycles. The largest absolute Gasteiger partial charge is 0.497 e. The van der Waals surface area contributed by atoms with E-state index in [9.17, 15) is 0 Å². The summed E-state index contributed by atoms with van der Waals surface area (Å²) in [7, 11) is 7.55. The Hall–Kier alpha value is -2.49. The molecular weight excluding hydrogens is 336 g/mol. The first-order valence-corrected chi connectivity index (χ1v) is 9.67. The average molecular weight is 367 g/mol. The van der Waals surface area contributed by atoms with Gasteiger partial charge in [-0.05, 0) is 61.1 Å². The van der Waals surface area contributed by atoms with E-state index in [1.165, 1.54) is 41.8 Å². The van der Waals surface area contributed by atoms with Crippen molar-refractivity contribution in [2.24, 2.45) is 4.99 Å². The fourth-order valence-corrected chi connectivity index (χ4v) is 3.59. The van der Waals surface area contributed by atoms with Crippen LogP contribution in [0.1, 0.15) is 42.4 Å². The molecule has 0 bridgehead atoms. The van der Waals surface area contributed by atoms with Crippen LogP contribution in [0.3, 0.4) is 0 Å². The second kappa shape index (κ2) is 8.94. The summed E-state index contributed by atoms with van der Waals surface area (Å²) < 4.78 is 10.8. The van der Waals surface area contributed by atoms with Crippen LogP contribution < -0.4 is 14.4 Å². The first-order valence-electron chi connectivity index (χ1n) is 9.67. The number of aliphatic imine (C=N–C) groups is 1. The molecule has 0 radical (unpaired) electrons. The zero-order valence-corrected chi connectivity index (χ0v) is 16.9. The van der Waals surface area contributed by atoms with Gasteiger partial charge in [0.2, 0.25) is 0 Å². The second-order valence-corrected chi connectivity index (χ2v) is 7.24. The molecule has 3 rings (SSSR count). The molecule has 27 heavy (non-hydrogen) atoms. The van der Waals surface area contributed by atoms with Gasteiger partial charge in [0.15, 0.2) is 0 Å². The zero-order valence-electron chi connectivity index (χ0n) is 16.9. The molecule has 0 spiro atoms. The van der Waals surface area contributed by atoms with E-state index in [1.807, 2.05) is 18.2 Å². The van der Waals surface area contributed by atoms with Gasteiger partial charge in [-0.1, -0.05) is 12.5 Å². The maximum absolute atomic E-state index is 5.53. The van der Waals surface area contributed by atoms with Crippen molar-refractivity contribution in [2.75, 3.05) is 33.2 Å². The minimum Gasteiger partial charge on any atom is -0.497 e. The third kappa shape index (κ3) is 4.62. The van der Waals surface area contributed by atoms with E-state index in [2.05, 4.69) is 37.2 Å². The van der Waals surface area contributed by atoms with Crippen molar-refractivity contribution in [2.45, 2.75) is 38.6 Å². The number of benzene rings is 2. The smallest absolute Gasteiger partial charge is 0.127 e. The van der Waals surface area contributed by atoms with Crippen LogP contribution in [0.2, 0.25) is 0 Å². The summed E-state index contributed by atoms with van der Waals surface area (Å²) >= 11 is 0. The molecular formula is C23H30N2O2. The van der Waals surface area contributed by atoms with E-state index in [-0.39, 0.29) is 0 Å². The highest BCUT2D eigenvalue weighted by molar-refractivity contribution is 6.02. The van der Waals surface area contributed by atoms with Crippen molar-refractivity contribution >= 4 is 11.4 Å². The summed E-state index contributed by atoms with van der Waals surface area (Å²) in [5.74, 6) is 1.63. The van der Waals surface area contributed by atoms with Crippen molar-refractivity contribution < 1.29 is 9.47 Å². The summed E-state index contributed by atoms with van der Waals surface area (Å²) in [4.78, 5) is 7.18. The molecule has 2 aromatic rings. The summed E-state index contributed by atoms with van der Waals surface area (Å²) in [6, 6.07) is 12.7. The standard InChI is InChI=1S/C23H30N2O2/c1-25(2)19-11-13-21-17(14-19)8-6-5-7-9-22(21)24-16-18-10-12-20(26-3)15-23(18)27-4/h10-15H,5-9,16H2,1-4H3. The fourth-order valence-electron chi connectivity index (χ4n) is 3.59. The second-order valence-electron chi connectivity index (χ2n) is 7.24. The van der Waals surface area contributed by atoms with Gasteiger partial charge in [-0.3, -0.25) is 4.99 Å². The van der Waals surface area contributed by atoms with E-state index in [1.54, 1.807) is 14.2 Å². The number of hydrogen-bond acceptors (Lipinski definition) is 4. The van der Waals surface area contributed by atoms with Gasteiger partial charge in [-0.25, -0.2) is 0 Å². The molecule has 0 N–H and O–H groups in total. The molecule has 144 valence electrons. The molecule has 0 fully saturated rings. The highest BCUT2D eigenvalue weighted by Gasteiger charge is 2.14. The van der Waals surface area contributed by atoms with Crippen LogP contribution in [0.4, 0.5) is 5.69 Å². The molecule has 1 aliphatic rings. The van der Waals surface area contributed by atoms with Crippen molar-refractivity contribution in [3.8, 4) is 11.5 Å². The van der Waals surface area contributed by atoms with Gasteiger partial charge in [0.05, 0.1) is 20.8 Å². The highest BCUT2D eigenvalue weighted by atomic mass is 16.5. The van der Waals surface area contributed by atoms with Crippen LogP contribution in [-0.4, -0.2) is 34.0 Å². The third-order valence-electron chi connectivity index (χ3n) is 5.21. The minimum absolute atomic E-state index is 0.622. The van der Waals surface area contributed by atoms with Gasteiger partial charge < -0.3 is 14.4 Å². The number of aryl methyl sites for hydroxylation is 1. The lowest BCUT2D eigenvalue weighted by atomic mass is 9.91. The third-order valence-corrected chi connectivity index (χ3v) is 5.21. The van der Waals surface area contributed by atoms with E-state index >= 15 is 0 Å². The SMILES string of the molecule is COc1ccc(CN=C2CCCCCc3cc(N(C)C)ccc32)c(OC)c1. The molecule has 0 atom stereocenters. The lowest BCUT2D eigenvalue weighted by Crippen LogP contribution is -2.13. The van der Waals surface area contributed by atoms with Gasteiger partial charge in [0.1, 0.15) is 11.5 Å². The number of rotatable bonds is 5. The van der Waals surface area contributed by atoms with Crippen LogP contribution in [0.5, 0.6) is 11.5 Å². The lowest BCUT2D eigenvalue weighted by molar-refractivity contribution is 0.391. The molecule has 0 saturated heterocycles. The molecule has 1 aliphatic carbocycles. The number of anilines is 1. The quantitative estimate of drug-likeness (QED) is 0.757. The first kappa shape index (κ1) is 19.3. The predicted molar refractivity (Wildman–Crippen MR) is 113 cm³/mol.